The smallest absolute Gasteiger partial charge is 0.129 e. The fourth-order valence-electron chi connectivity index (χ4n) is 1.88. The number of hydrogen-bond acceptors (Lipinski definition) is 2. The minimum absolute atomic E-state index is 0.251. The molecule has 3 nitrogen and oxygen atoms in total. The molecule has 0 saturated carbocycles. The van der Waals surface area contributed by atoms with E-state index < -0.39 is 0 Å². The Morgan fingerprint density at radius 3 is 2.95 bits per heavy atom. The van der Waals surface area contributed by atoms with Crippen LogP contribution in [0.2, 0.25) is 5.02 Å². The molecule has 1 aromatic heterocycles. The number of unbranched alkanes of at least 4 members (excludes halogenated alkanes) is 1. The van der Waals surface area contributed by atoms with Crippen LogP contribution in [-0.4, -0.2) is 16.1 Å². The SMILES string of the molecule is Fc1cccc(Cl)c1CNCCCCn1ccnc1. The Morgan fingerprint density at radius 1 is 1.32 bits per heavy atom. The number of aryl methyl sites for hydroxylation is 1. The molecule has 1 aromatic carbocycles. The van der Waals surface area contributed by atoms with Gasteiger partial charge in [-0.3, -0.25) is 0 Å². The highest BCUT2D eigenvalue weighted by atomic mass is 35.5. The van der Waals surface area contributed by atoms with Crippen molar-refractivity contribution in [2.75, 3.05) is 6.54 Å². The van der Waals surface area contributed by atoms with Crippen molar-refractivity contribution in [2.45, 2.75) is 25.9 Å². The Hall–Kier alpha value is -1.39. The standard InChI is InChI=1S/C14H17ClFN3/c15-13-4-3-5-14(16)12(13)10-17-6-1-2-8-19-9-7-18-11-19/h3-5,7,9,11,17H,1-2,6,8,10H2. The minimum atomic E-state index is -0.251. The number of aromatic nitrogens is 2. The quantitative estimate of drug-likeness (QED) is 0.790. The summed E-state index contributed by atoms with van der Waals surface area (Å²) in [7, 11) is 0. The molecule has 0 amide bonds. The van der Waals surface area contributed by atoms with E-state index in [4.69, 9.17) is 11.6 Å². The lowest BCUT2D eigenvalue weighted by Gasteiger charge is -2.08. The monoisotopic (exact) mass is 281 g/mol. The van der Waals surface area contributed by atoms with Gasteiger partial charge in [0.25, 0.3) is 0 Å². The average Bonchev–Trinajstić information content (AvgIpc) is 2.89. The second-order valence-electron chi connectivity index (χ2n) is 4.38. The molecule has 0 atom stereocenters. The molecular formula is C14H17ClFN3. The highest BCUT2D eigenvalue weighted by Gasteiger charge is 2.05. The summed E-state index contributed by atoms with van der Waals surface area (Å²) in [6.45, 7) is 2.28. The molecule has 0 aliphatic carbocycles. The zero-order valence-corrected chi connectivity index (χ0v) is 11.4. The van der Waals surface area contributed by atoms with Crippen molar-refractivity contribution < 1.29 is 4.39 Å². The van der Waals surface area contributed by atoms with Crippen LogP contribution in [0.3, 0.4) is 0 Å². The fraction of sp³-hybridized carbons (Fsp3) is 0.357. The summed E-state index contributed by atoms with van der Waals surface area (Å²) in [5, 5.41) is 3.69. The highest BCUT2D eigenvalue weighted by Crippen LogP contribution is 2.18. The molecule has 0 saturated heterocycles. The molecule has 2 aromatic rings. The summed E-state index contributed by atoms with van der Waals surface area (Å²) >= 11 is 5.95. The Morgan fingerprint density at radius 2 is 2.21 bits per heavy atom. The molecule has 0 aliphatic rings. The average molecular weight is 282 g/mol. The van der Waals surface area contributed by atoms with E-state index in [9.17, 15) is 4.39 Å². The number of nitrogens with one attached hydrogen (secondary N) is 1. The number of rotatable bonds is 7. The highest BCUT2D eigenvalue weighted by molar-refractivity contribution is 6.31. The van der Waals surface area contributed by atoms with E-state index in [2.05, 4.69) is 10.3 Å². The van der Waals surface area contributed by atoms with Crippen molar-refractivity contribution in [3.05, 3.63) is 53.3 Å². The van der Waals surface area contributed by atoms with Gasteiger partial charge in [-0.25, -0.2) is 9.37 Å². The van der Waals surface area contributed by atoms with Gasteiger partial charge in [0.15, 0.2) is 0 Å². The number of imidazole rings is 1. The van der Waals surface area contributed by atoms with Crippen LogP contribution in [0.1, 0.15) is 18.4 Å². The molecule has 0 spiro atoms. The molecule has 0 aliphatic heterocycles. The van der Waals surface area contributed by atoms with Crippen molar-refractivity contribution in [3.8, 4) is 0 Å². The molecule has 2 rings (SSSR count). The molecule has 0 unspecified atom stereocenters. The van der Waals surface area contributed by atoms with Crippen LogP contribution in [0.5, 0.6) is 0 Å². The van der Waals surface area contributed by atoms with Gasteiger partial charge in [0.2, 0.25) is 0 Å². The van der Waals surface area contributed by atoms with Gasteiger partial charge in [-0.2, -0.15) is 0 Å². The Balaban J connectivity index is 1.64. The number of hydrogen-bond donors (Lipinski definition) is 1. The van der Waals surface area contributed by atoms with E-state index in [1.54, 1.807) is 18.3 Å². The first kappa shape index (κ1) is 14.0. The van der Waals surface area contributed by atoms with Gasteiger partial charge in [-0.05, 0) is 31.5 Å². The van der Waals surface area contributed by atoms with Crippen LogP contribution >= 0.6 is 11.6 Å². The molecule has 5 heteroatoms. The summed E-state index contributed by atoms with van der Waals surface area (Å²) in [5.74, 6) is -0.251. The first-order valence-corrected chi connectivity index (χ1v) is 6.74. The van der Waals surface area contributed by atoms with E-state index in [1.165, 1.54) is 6.07 Å². The van der Waals surface area contributed by atoms with Crippen molar-refractivity contribution in [1.82, 2.24) is 14.9 Å². The van der Waals surface area contributed by atoms with Crippen molar-refractivity contribution >= 4 is 11.6 Å². The molecule has 19 heavy (non-hydrogen) atoms. The van der Waals surface area contributed by atoms with Gasteiger partial charge >= 0.3 is 0 Å². The normalized spacial score (nSPS) is 10.8. The minimum Gasteiger partial charge on any atom is -0.337 e. The predicted octanol–water partition coefficient (Wildman–Crippen LogP) is 3.25. The number of halogens is 2. The van der Waals surface area contributed by atoms with Crippen LogP contribution in [-0.2, 0) is 13.1 Å². The maximum absolute atomic E-state index is 13.5. The van der Waals surface area contributed by atoms with Gasteiger partial charge < -0.3 is 9.88 Å². The lowest BCUT2D eigenvalue weighted by atomic mass is 10.2. The second-order valence-corrected chi connectivity index (χ2v) is 4.79. The number of nitrogens with zero attached hydrogens (tertiary/aromatic N) is 2. The van der Waals surface area contributed by atoms with Crippen molar-refractivity contribution in [2.24, 2.45) is 0 Å². The largest absolute Gasteiger partial charge is 0.337 e. The third kappa shape index (κ3) is 4.33. The van der Waals surface area contributed by atoms with E-state index >= 15 is 0 Å². The van der Waals surface area contributed by atoms with E-state index in [-0.39, 0.29) is 5.82 Å². The van der Waals surface area contributed by atoms with E-state index in [0.29, 0.717) is 17.1 Å². The van der Waals surface area contributed by atoms with Crippen LogP contribution in [0.25, 0.3) is 0 Å². The maximum Gasteiger partial charge on any atom is 0.129 e. The fourth-order valence-corrected chi connectivity index (χ4v) is 2.11. The summed E-state index contributed by atoms with van der Waals surface area (Å²) in [6.07, 6.45) is 7.64. The van der Waals surface area contributed by atoms with Gasteiger partial charge in [0.05, 0.1) is 6.33 Å². The Bertz CT molecular complexity index is 479. The first-order valence-electron chi connectivity index (χ1n) is 6.36. The van der Waals surface area contributed by atoms with Crippen molar-refractivity contribution in [1.29, 1.82) is 0 Å². The summed E-state index contributed by atoms with van der Waals surface area (Å²) in [6, 6.07) is 4.76. The molecule has 102 valence electrons. The molecule has 1 heterocycles. The van der Waals surface area contributed by atoms with E-state index in [0.717, 1.165) is 25.9 Å². The van der Waals surface area contributed by atoms with Gasteiger partial charge in [-0.1, -0.05) is 17.7 Å². The third-order valence-electron chi connectivity index (χ3n) is 2.94. The summed E-state index contributed by atoms with van der Waals surface area (Å²) < 4.78 is 15.5. The zero-order chi connectivity index (χ0) is 13.5. The van der Waals surface area contributed by atoms with Gasteiger partial charge in [-0.15, -0.1) is 0 Å². The molecule has 0 fully saturated rings. The molecular weight excluding hydrogens is 265 g/mol. The van der Waals surface area contributed by atoms with E-state index in [1.807, 2.05) is 17.1 Å². The van der Waals surface area contributed by atoms with Gasteiger partial charge in [0, 0.05) is 36.1 Å². The van der Waals surface area contributed by atoms with Gasteiger partial charge in [0.1, 0.15) is 5.82 Å². The second kappa shape index (κ2) is 7.26. The lowest BCUT2D eigenvalue weighted by molar-refractivity contribution is 0.552. The third-order valence-corrected chi connectivity index (χ3v) is 3.30. The van der Waals surface area contributed by atoms with Crippen LogP contribution < -0.4 is 5.32 Å². The number of benzene rings is 1. The maximum atomic E-state index is 13.5. The summed E-state index contributed by atoms with van der Waals surface area (Å²) in [5.41, 5.74) is 0.541. The predicted molar refractivity (Wildman–Crippen MR) is 74.6 cm³/mol. The topological polar surface area (TPSA) is 29.9 Å². The Kier molecular flexibility index (Phi) is 5.36. The van der Waals surface area contributed by atoms with Crippen molar-refractivity contribution in [3.63, 3.8) is 0 Å². The molecule has 0 radical (unpaired) electrons. The zero-order valence-electron chi connectivity index (χ0n) is 10.6. The summed E-state index contributed by atoms with van der Waals surface area (Å²) in [4.78, 5) is 3.99. The first-order chi connectivity index (χ1) is 9.27. The van der Waals surface area contributed by atoms with Crippen LogP contribution in [0, 0.1) is 5.82 Å². The molecule has 0 bridgehead atoms. The lowest BCUT2D eigenvalue weighted by Crippen LogP contribution is -2.16. The molecule has 1 N–H and O–H groups in total. The van der Waals surface area contributed by atoms with Crippen LogP contribution in [0.15, 0.2) is 36.9 Å². The van der Waals surface area contributed by atoms with Crippen LogP contribution in [0.4, 0.5) is 4.39 Å². The Labute approximate surface area is 117 Å².